The lowest BCUT2D eigenvalue weighted by molar-refractivity contribution is 0.800. The zero-order chi connectivity index (χ0) is 8.39. The van der Waals surface area contributed by atoms with E-state index in [1.165, 1.54) is 11.1 Å². The van der Waals surface area contributed by atoms with Crippen LogP contribution in [0.15, 0.2) is 42.5 Å². The van der Waals surface area contributed by atoms with Gasteiger partial charge in [0.2, 0.25) is 0 Å². The van der Waals surface area contributed by atoms with Crippen LogP contribution in [0.25, 0.3) is 0 Å². The van der Waals surface area contributed by atoms with Crippen LogP contribution in [-0.4, -0.2) is 13.1 Å². The van der Waals surface area contributed by atoms with Gasteiger partial charge in [0, 0.05) is 19.0 Å². The number of benzene rings is 1. The summed E-state index contributed by atoms with van der Waals surface area (Å²) < 4.78 is 0. The molecule has 1 aromatic rings. The molecule has 1 heterocycles. The minimum Gasteiger partial charge on any atom is -0.312 e. The molecule has 1 fully saturated rings. The smallest absolute Gasteiger partial charge is 0.0183 e. The van der Waals surface area contributed by atoms with E-state index in [4.69, 9.17) is 0 Å². The highest BCUT2D eigenvalue weighted by atomic mass is 14.9. The number of rotatable bonds is 1. The van der Waals surface area contributed by atoms with Crippen LogP contribution in [0.2, 0.25) is 0 Å². The molecule has 0 radical (unpaired) electrons. The maximum Gasteiger partial charge on any atom is 0.0183 e. The monoisotopic (exact) mass is 159 g/mol. The summed E-state index contributed by atoms with van der Waals surface area (Å²) in [5.41, 5.74) is 2.69. The Bertz CT molecular complexity index is 276. The van der Waals surface area contributed by atoms with Gasteiger partial charge in [-0.1, -0.05) is 42.5 Å². The average molecular weight is 159 g/mol. The molecule has 1 nitrogen and oxygen atoms in total. The second kappa shape index (κ2) is 3.11. The molecule has 1 aromatic carbocycles. The predicted molar refractivity (Wildman–Crippen MR) is 51.2 cm³/mol. The molecule has 1 atom stereocenters. The summed E-state index contributed by atoms with van der Waals surface area (Å²) in [7, 11) is 0. The van der Waals surface area contributed by atoms with Crippen LogP contribution in [-0.2, 0) is 0 Å². The van der Waals surface area contributed by atoms with Crippen LogP contribution in [0.5, 0.6) is 0 Å². The average Bonchev–Trinajstić information content (AvgIpc) is 2.53. The van der Waals surface area contributed by atoms with Gasteiger partial charge in [0.15, 0.2) is 0 Å². The maximum atomic E-state index is 4.05. The number of hydrogen-bond donors (Lipinski definition) is 1. The van der Waals surface area contributed by atoms with E-state index in [2.05, 4.69) is 42.2 Å². The van der Waals surface area contributed by atoms with Gasteiger partial charge in [0.05, 0.1) is 0 Å². The van der Waals surface area contributed by atoms with E-state index in [1.807, 2.05) is 0 Å². The molecule has 0 aromatic heterocycles. The van der Waals surface area contributed by atoms with Crippen molar-refractivity contribution in [3.8, 4) is 0 Å². The van der Waals surface area contributed by atoms with Gasteiger partial charge in [0.1, 0.15) is 0 Å². The van der Waals surface area contributed by atoms with E-state index in [1.54, 1.807) is 0 Å². The third-order valence-electron chi connectivity index (χ3n) is 2.40. The molecular formula is C11H13N. The number of nitrogens with one attached hydrogen (secondary N) is 1. The molecule has 12 heavy (non-hydrogen) atoms. The lowest BCUT2D eigenvalue weighted by Gasteiger charge is -2.09. The van der Waals surface area contributed by atoms with Crippen molar-refractivity contribution in [3.63, 3.8) is 0 Å². The number of hydrogen-bond acceptors (Lipinski definition) is 1. The van der Waals surface area contributed by atoms with Crippen molar-refractivity contribution in [2.75, 3.05) is 13.1 Å². The van der Waals surface area contributed by atoms with Crippen LogP contribution in [0.1, 0.15) is 11.5 Å². The molecule has 0 amide bonds. The zero-order valence-electron chi connectivity index (χ0n) is 7.09. The largest absolute Gasteiger partial charge is 0.312 e. The molecule has 0 unspecified atom stereocenters. The van der Waals surface area contributed by atoms with E-state index in [0.717, 1.165) is 13.1 Å². The molecule has 1 aliphatic rings. The van der Waals surface area contributed by atoms with Crippen molar-refractivity contribution in [3.05, 3.63) is 48.0 Å². The molecule has 1 saturated heterocycles. The van der Waals surface area contributed by atoms with Crippen LogP contribution >= 0.6 is 0 Å². The first-order valence-electron chi connectivity index (χ1n) is 4.31. The Hall–Kier alpha value is -1.08. The van der Waals surface area contributed by atoms with Gasteiger partial charge in [-0.05, 0) is 5.56 Å². The van der Waals surface area contributed by atoms with Gasteiger partial charge in [-0.15, -0.1) is 0 Å². The van der Waals surface area contributed by atoms with E-state index in [9.17, 15) is 0 Å². The predicted octanol–water partition coefficient (Wildman–Crippen LogP) is 1.93. The van der Waals surface area contributed by atoms with Gasteiger partial charge < -0.3 is 5.32 Å². The van der Waals surface area contributed by atoms with Gasteiger partial charge in [0.25, 0.3) is 0 Å². The van der Waals surface area contributed by atoms with Crippen LogP contribution in [0, 0.1) is 0 Å². The van der Waals surface area contributed by atoms with Crippen molar-refractivity contribution in [1.82, 2.24) is 5.32 Å². The zero-order valence-corrected chi connectivity index (χ0v) is 7.09. The molecule has 0 saturated carbocycles. The van der Waals surface area contributed by atoms with Crippen molar-refractivity contribution >= 4 is 0 Å². The molecule has 0 spiro atoms. The summed E-state index contributed by atoms with van der Waals surface area (Å²) in [4.78, 5) is 0. The summed E-state index contributed by atoms with van der Waals surface area (Å²) >= 11 is 0. The second-order valence-corrected chi connectivity index (χ2v) is 3.25. The molecule has 0 bridgehead atoms. The summed E-state index contributed by atoms with van der Waals surface area (Å²) in [6, 6.07) is 10.6. The van der Waals surface area contributed by atoms with Gasteiger partial charge in [-0.3, -0.25) is 0 Å². The summed E-state index contributed by atoms with van der Waals surface area (Å²) in [6.45, 7) is 6.07. The Labute approximate surface area is 73.1 Å². The van der Waals surface area contributed by atoms with Crippen molar-refractivity contribution in [2.45, 2.75) is 5.92 Å². The Morgan fingerprint density at radius 1 is 1.25 bits per heavy atom. The van der Waals surface area contributed by atoms with E-state index in [-0.39, 0.29) is 0 Å². The first-order chi connectivity index (χ1) is 5.88. The fraction of sp³-hybridized carbons (Fsp3) is 0.273. The Morgan fingerprint density at radius 3 is 2.58 bits per heavy atom. The molecule has 2 rings (SSSR count). The van der Waals surface area contributed by atoms with Crippen LogP contribution < -0.4 is 5.32 Å². The minimum absolute atomic E-state index is 0.534. The Morgan fingerprint density at radius 2 is 2.00 bits per heavy atom. The molecule has 1 aliphatic heterocycles. The first kappa shape index (κ1) is 7.56. The van der Waals surface area contributed by atoms with Crippen molar-refractivity contribution < 1.29 is 0 Å². The molecule has 0 aliphatic carbocycles. The summed E-state index contributed by atoms with van der Waals surface area (Å²) in [5, 5.41) is 3.32. The molecular weight excluding hydrogens is 146 g/mol. The molecule has 1 N–H and O–H groups in total. The SMILES string of the molecule is C=C1CNC[C@H]1c1ccccc1. The molecule has 1 heteroatoms. The first-order valence-corrected chi connectivity index (χ1v) is 4.31. The normalized spacial score (nSPS) is 23.0. The van der Waals surface area contributed by atoms with Gasteiger partial charge >= 0.3 is 0 Å². The van der Waals surface area contributed by atoms with Crippen molar-refractivity contribution in [2.24, 2.45) is 0 Å². The Kier molecular flexibility index (Phi) is 1.96. The second-order valence-electron chi connectivity index (χ2n) is 3.25. The third kappa shape index (κ3) is 1.28. The van der Waals surface area contributed by atoms with E-state index >= 15 is 0 Å². The molecule has 62 valence electrons. The highest BCUT2D eigenvalue weighted by Gasteiger charge is 2.19. The lowest BCUT2D eigenvalue weighted by Crippen LogP contribution is -2.07. The minimum atomic E-state index is 0.534. The topological polar surface area (TPSA) is 12.0 Å². The van der Waals surface area contributed by atoms with Gasteiger partial charge in [-0.25, -0.2) is 0 Å². The van der Waals surface area contributed by atoms with E-state index < -0.39 is 0 Å². The standard InChI is InChI=1S/C11H13N/c1-9-7-12-8-11(9)10-5-3-2-4-6-10/h2-6,11-12H,1,7-8H2/t11-/m1/s1. The summed E-state index contributed by atoms with van der Waals surface area (Å²) in [6.07, 6.45) is 0. The van der Waals surface area contributed by atoms with E-state index in [0.29, 0.717) is 5.92 Å². The maximum absolute atomic E-state index is 4.05. The fourth-order valence-electron chi connectivity index (χ4n) is 1.68. The highest BCUT2D eigenvalue weighted by Crippen LogP contribution is 2.25. The van der Waals surface area contributed by atoms with Gasteiger partial charge in [-0.2, -0.15) is 0 Å². The third-order valence-corrected chi connectivity index (χ3v) is 2.40. The highest BCUT2D eigenvalue weighted by molar-refractivity contribution is 5.31. The van der Waals surface area contributed by atoms with Crippen LogP contribution in [0.3, 0.4) is 0 Å². The lowest BCUT2D eigenvalue weighted by atomic mass is 9.95. The van der Waals surface area contributed by atoms with Crippen LogP contribution in [0.4, 0.5) is 0 Å². The summed E-state index contributed by atoms with van der Waals surface area (Å²) in [5.74, 6) is 0.534. The Balaban J connectivity index is 2.25. The van der Waals surface area contributed by atoms with Crippen molar-refractivity contribution in [1.29, 1.82) is 0 Å². The fourth-order valence-corrected chi connectivity index (χ4v) is 1.68. The quantitative estimate of drug-likeness (QED) is 0.617.